The van der Waals surface area contributed by atoms with Gasteiger partial charge >= 0.3 is 11.7 Å². The third-order valence-corrected chi connectivity index (χ3v) is 13.1. The summed E-state index contributed by atoms with van der Waals surface area (Å²) in [5.41, 5.74) is 5.45. The van der Waals surface area contributed by atoms with E-state index < -0.39 is 17.4 Å². The normalized spacial score (nSPS) is 18.8. The van der Waals surface area contributed by atoms with Crippen LogP contribution in [0, 0.1) is 13.8 Å². The van der Waals surface area contributed by atoms with Gasteiger partial charge in [-0.05, 0) is 117 Å². The van der Waals surface area contributed by atoms with Gasteiger partial charge in [-0.2, -0.15) is 10.2 Å². The molecule has 1 N–H and O–H groups in total. The zero-order valence-electron chi connectivity index (χ0n) is 37.8. The van der Waals surface area contributed by atoms with Gasteiger partial charge in [-0.1, -0.05) is 66.5 Å². The number of piperazine rings is 1. The fourth-order valence-electron chi connectivity index (χ4n) is 8.90. The van der Waals surface area contributed by atoms with Gasteiger partial charge in [0.05, 0.1) is 35.3 Å². The third-order valence-electron chi connectivity index (χ3n) is 12.6. The molecule has 3 unspecified atom stereocenters. The van der Waals surface area contributed by atoms with Crippen LogP contribution in [0.25, 0.3) is 5.69 Å². The Bertz CT molecular complexity index is 2860. The molecule has 0 radical (unpaired) electrons. The molecule has 67 heavy (non-hydrogen) atoms. The summed E-state index contributed by atoms with van der Waals surface area (Å²) in [6, 6.07) is 34.5. The number of benzene rings is 5. The smallest absolute Gasteiger partial charge is 0.350 e. The molecule has 0 aliphatic carbocycles. The number of halogens is 2. The number of carbonyl (C=O) groups is 1. The molecule has 7 aromatic rings. The van der Waals surface area contributed by atoms with Crippen LogP contribution in [0.5, 0.6) is 11.5 Å². The standard InChI is InChI=1S/C51H52Cl2N8O6/c1-5-36(4)61-49(63)60(33-56-61)42-14-12-40(13-15-42)58-21-23-59(24-22-58)41-16-18-43(19-17-41)64-30-50(28-37-25-34(2)47(35(3)26-37)66-48(62)38-9-7-6-8-10-38)31-65-51(67-50,29-46-54-32-55-57-46)44-20-11-39(52)27-45(44)53/h6-20,25-27,32-33,36H,5,21-24,28-31H2,1-4H3,(H,54,55,57). The molecular weight excluding hydrogens is 892 g/mol. The van der Waals surface area contributed by atoms with Crippen molar-refractivity contribution in [1.29, 1.82) is 0 Å². The van der Waals surface area contributed by atoms with E-state index in [9.17, 15) is 9.59 Å². The van der Waals surface area contributed by atoms with Crippen LogP contribution in [0.4, 0.5) is 11.4 Å². The lowest BCUT2D eigenvalue weighted by Crippen LogP contribution is -2.46. The molecule has 0 bridgehead atoms. The number of aromatic amines is 1. The Morgan fingerprint density at radius 3 is 2.13 bits per heavy atom. The van der Waals surface area contributed by atoms with Crippen LogP contribution in [0.2, 0.25) is 10.0 Å². The minimum Gasteiger partial charge on any atom is -0.490 e. The number of nitrogens with one attached hydrogen (secondary N) is 1. The molecule has 4 heterocycles. The zero-order valence-corrected chi connectivity index (χ0v) is 39.3. The molecule has 2 fully saturated rings. The number of hydrogen-bond donors (Lipinski definition) is 1. The molecular formula is C51H52Cl2N8O6. The lowest BCUT2D eigenvalue weighted by molar-refractivity contribution is -0.201. The molecule has 16 heteroatoms. The van der Waals surface area contributed by atoms with Crippen molar-refractivity contribution in [2.24, 2.45) is 0 Å². The molecule has 0 spiro atoms. The van der Waals surface area contributed by atoms with Crippen molar-refractivity contribution in [2.45, 2.75) is 64.4 Å². The fraction of sp³-hybridized carbons (Fsp3) is 0.314. The van der Waals surface area contributed by atoms with Crippen LogP contribution in [-0.4, -0.2) is 80.5 Å². The maximum Gasteiger partial charge on any atom is 0.350 e. The van der Waals surface area contributed by atoms with E-state index in [0.717, 1.165) is 66.4 Å². The molecule has 0 saturated carbocycles. The van der Waals surface area contributed by atoms with E-state index in [1.165, 1.54) is 11.0 Å². The van der Waals surface area contributed by atoms with Crippen LogP contribution in [-0.2, 0) is 28.1 Å². The van der Waals surface area contributed by atoms with Gasteiger partial charge in [-0.15, -0.1) is 0 Å². The van der Waals surface area contributed by atoms with E-state index in [1.807, 2.05) is 88.4 Å². The minimum atomic E-state index is -1.37. The third kappa shape index (κ3) is 9.84. The molecule has 14 nitrogen and oxygen atoms in total. The second kappa shape index (κ2) is 19.4. The van der Waals surface area contributed by atoms with Crippen LogP contribution >= 0.6 is 23.2 Å². The second-order valence-corrected chi connectivity index (χ2v) is 18.2. The van der Waals surface area contributed by atoms with Gasteiger partial charge in [0.25, 0.3) is 0 Å². The highest BCUT2D eigenvalue weighted by Crippen LogP contribution is 2.46. The summed E-state index contributed by atoms with van der Waals surface area (Å²) >= 11 is 13.3. The van der Waals surface area contributed by atoms with Crippen LogP contribution in [0.15, 0.2) is 127 Å². The summed E-state index contributed by atoms with van der Waals surface area (Å²) < 4.78 is 29.6. The van der Waals surface area contributed by atoms with Gasteiger partial charge in [0.15, 0.2) is 0 Å². The van der Waals surface area contributed by atoms with Gasteiger partial charge in [0, 0.05) is 54.6 Å². The molecule has 2 aromatic heterocycles. The van der Waals surface area contributed by atoms with Crippen molar-refractivity contribution in [3.05, 3.63) is 176 Å². The van der Waals surface area contributed by atoms with Gasteiger partial charge in [-0.3, -0.25) is 5.10 Å². The molecule has 2 aliphatic heterocycles. The second-order valence-electron chi connectivity index (χ2n) is 17.3. The summed E-state index contributed by atoms with van der Waals surface area (Å²) in [5, 5.41) is 12.2. The highest BCUT2D eigenvalue weighted by atomic mass is 35.5. The molecule has 2 aliphatic rings. The van der Waals surface area contributed by atoms with E-state index in [-0.39, 0.29) is 31.4 Å². The van der Waals surface area contributed by atoms with Crippen molar-refractivity contribution in [3.8, 4) is 17.2 Å². The largest absolute Gasteiger partial charge is 0.490 e. The average molecular weight is 944 g/mol. The Morgan fingerprint density at radius 1 is 0.851 bits per heavy atom. The highest BCUT2D eigenvalue weighted by Gasteiger charge is 2.54. The van der Waals surface area contributed by atoms with Gasteiger partial charge < -0.3 is 28.7 Å². The first-order valence-corrected chi connectivity index (χ1v) is 23.2. The topological polar surface area (TPSA) is 142 Å². The average Bonchev–Trinajstić information content (AvgIpc) is 4.09. The molecule has 3 atom stereocenters. The van der Waals surface area contributed by atoms with E-state index in [0.29, 0.717) is 44.9 Å². The van der Waals surface area contributed by atoms with E-state index in [2.05, 4.69) is 54.3 Å². The summed E-state index contributed by atoms with van der Waals surface area (Å²) in [6.07, 6.45) is 4.43. The van der Waals surface area contributed by atoms with Crippen LogP contribution in [0.1, 0.15) is 64.7 Å². The first kappa shape index (κ1) is 45.7. The first-order chi connectivity index (χ1) is 32.4. The Balaban J connectivity index is 0.911. The number of ether oxygens (including phenoxy) is 4. The number of hydrogen-bond acceptors (Lipinski definition) is 11. The number of nitrogens with zero attached hydrogens (tertiary/aromatic N) is 7. The van der Waals surface area contributed by atoms with Crippen molar-refractivity contribution >= 4 is 40.5 Å². The van der Waals surface area contributed by atoms with Crippen LogP contribution in [0.3, 0.4) is 0 Å². The van der Waals surface area contributed by atoms with Gasteiger partial charge in [0.2, 0.25) is 5.79 Å². The Labute approximate surface area is 399 Å². The Kier molecular flexibility index (Phi) is 13.2. The molecule has 2 saturated heterocycles. The predicted octanol–water partition coefficient (Wildman–Crippen LogP) is 9.10. The van der Waals surface area contributed by atoms with Crippen molar-refractivity contribution in [1.82, 2.24) is 29.5 Å². The SMILES string of the molecule is CCC(C)n1ncn(-c2ccc(N3CCN(c4ccc(OCC5(Cc6cc(C)c(OC(=O)c7ccccc7)c(C)c6)COC(Cc6ncn[nH]6)(c6ccc(Cl)cc6Cl)O5)cc4)CC3)cc2)c1=O. The minimum absolute atomic E-state index is 0.0402. The number of anilines is 2. The summed E-state index contributed by atoms with van der Waals surface area (Å²) in [7, 11) is 0. The van der Waals surface area contributed by atoms with E-state index in [4.69, 9.17) is 42.1 Å². The van der Waals surface area contributed by atoms with Crippen molar-refractivity contribution < 1.29 is 23.7 Å². The lowest BCUT2D eigenvalue weighted by Gasteiger charge is -2.37. The fourth-order valence-corrected chi connectivity index (χ4v) is 9.45. The Hall–Kier alpha value is -6.45. The monoisotopic (exact) mass is 942 g/mol. The molecule has 346 valence electrons. The molecule has 0 amide bonds. The maximum absolute atomic E-state index is 13.1. The highest BCUT2D eigenvalue weighted by molar-refractivity contribution is 6.35. The summed E-state index contributed by atoms with van der Waals surface area (Å²) in [5.74, 6) is -0.0631. The first-order valence-electron chi connectivity index (χ1n) is 22.4. The number of H-pyrrole nitrogens is 1. The zero-order chi connectivity index (χ0) is 46.7. The van der Waals surface area contributed by atoms with Gasteiger partial charge in [-0.25, -0.2) is 23.8 Å². The number of rotatable bonds is 15. The molecule has 5 aromatic carbocycles. The van der Waals surface area contributed by atoms with Crippen molar-refractivity contribution in [3.63, 3.8) is 0 Å². The number of esters is 1. The molecule has 9 rings (SSSR count). The number of carbonyl (C=O) groups excluding carboxylic acids is 1. The van der Waals surface area contributed by atoms with E-state index in [1.54, 1.807) is 35.2 Å². The number of aromatic nitrogens is 6. The summed E-state index contributed by atoms with van der Waals surface area (Å²) in [6.45, 7) is 11.5. The van der Waals surface area contributed by atoms with Crippen molar-refractivity contribution in [2.75, 3.05) is 49.2 Å². The number of aryl methyl sites for hydroxylation is 2. The maximum atomic E-state index is 13.1. The quantitative estimate of drug-likeness (QED) is 0.0777. The van der Waals surface area contributed by atoms with Gasteiger partial charge in [0.1, 0.15) is 42.2 Å². The lowest BCUT2D eigenvalue weighted by atomic mass is 9.93. The van der Waals surface area contributed by atoms with E-state index >= 15 is 0 Å². The Morgan fingerprint density at radius 2 is 1.51 bits per heavy atom. The predicted molar refractivity (Wildman–Crippen MR) is 258 cm³/mol. The summed E-state index contributed by atoms with van der Waals surface area (Å²) in [4.78, 5) is 35.2. The van der Waals surface area contributed by atoms with Crippen LogP contribution < -0.4 is 25.0 Å².